The molecule has 0 fully saturated rings. The molecule has 9 heteroatoms. The normalized spacial score (nSPS) is 10.5. The molecule has 0 unspecified atom stereocenters. The molecule has 0 atom stereocenters. The summed E-state index contributed by atoms with van der Waals surface area (Å²) >= 11 is 3.97. The summed E-state index contributed by atoms with van der Waals surface area (Å²) in [6.45, 7) is 3.83. The summed E-state index contributed by atoms with van der Waals surface area (Å²) in [5, 5.41) is 23.3. The van der Waals surface area contributed by atoms with E-state index < -0.39 is 0 Å². The first-order valence-electron chi connectivity index (χ1n) is 7.63. The molecule has 2 aromatic heterocycles. The van der Waals surface area contributed by atoms with Gasteiger partial charge in [0, 0.05) is 10.6 Å². The van der Waals surface area contributed by atoms with Crippen LogP contribution in [0.5, 0.6) is 0 Å². The van der Waals surface area contributed by atoms with Crippen molar-refractivity contribution in [2.24, 2.45) is 0 Å². The molecule has 0 saturated heterocycles. The molecule has 3 rings (SSSR count). The van der Waals surface area contributed by atoms with Crippen molar-refractivity contribution in [1.29, 1.82) is 5.26 Å². The first-order chi connectivity index (χ1) is 12.6. The molecule has 0 aliphatic rings. The van der Waals surface area contributed by atoms with Crippen molar-refractivity contribution in [3.63, 3.8) is 0 Å². The van der Waals surface area contributed by atoms with Crippen LogP contribution in [0.25, 0.3) is 10.7 Å². The second-order valence-corrected chi connectivity index (χ2v) is 8.15. The zero-order valence-corrected chi connectivity index (χ0v) is 16.5. The fourth-order valence-corrected chi connectivity index (χ4v) is 4.21. The number of thiophene rings is 1. The lowest BCUT2D eigenvalue weighted by Crippen LogP contribution is -2.16. The molecule has 6 nitrogen and oxygen atoms in total. The number of carbonyl (C=O) groups is 1. The van der Waals surface area contributed by atoms with E-state index in [4.69, 9.17) is 5.26 Å². The lowest BCUT2D eigenvalue weighted by Gasteiger charge is -2.12. The van der Waals surface area contributed by atoms with Crippen LogP contribution in [-0.2, 0) is 4.79 Å². The quantitative estimate of drug-likeness (QED) is 0.468. The number of benzene rings is 1. The number of H-pyrrole nitrogens is 1. The summed E-state index contributed by atoms with van der Waals surface area (Å²) in [6.07, 6.45) is 0. The average molecular weight is 402 g/mol. The molecule has 3 aromatic rings. The van der Waals surface area contributed by atoms with Crippen LogP contribution in [-0.4, -0.2) is 26.8 Å². The maximum Gasteiger partial charge on any atom is 0.234 e. The Morgan fingerprint density at radius 1 is 1.38 bits per heavy atom. The van der Waals surface area contributed by atoms with Crippen molar-refractivity contribution < 1.29 is 4.79 Å². The molecule has 0 aliphatic carbocycles. The standard InChI is InChI=1S/C17H15N5OS3/c1-10-6-12(26-9-18)7-11(2)15(10)19-14(23)8-25-17-20-16(21-22-17)13-4-3-5-24-13/h3-7H,8H2,1-2H3,(H,19,23)(H,20,21,22). The van der Waals surface area contributed by atoms with E-state index in [2.05, 4.69) is 25.9 Å². The van der Waals surface area contributed by atoms with Crippen LogP contribution in [0.1, 0.15) is 11.1 Å². The van der Waals surface area contributed by atoms with Gasteiger partial charge in [-0.15, -0.1) is 16.4 Å². The minimum absolute atomic E-state index is 0.121. The largest absolute Gasteiger partial charge is 0.325 e. The molecule has 0 bridgehead atoms. The number of anilines is 1. The van der Waals surface area contributed by atoms with Gasteiger partial charge in [-0.05, 0) is 60.3 Å². The number of hydrogen-bond acceptors (Lipinski definition) is 7. The summed E-state index contributed by atoms with van der Waals surface area (Å²) in [5.74, 6) is 0.805. The number of nitriles is 1. The topological polar surface area (TPSA) is 94.5 Å². The van der Waals surface area contributed by atoms with E-state index in [1.54, 1.807) is 11.3 Å². The number of hydrogen-bond donors (Lipinski definition) is 2. The summed E-state index contributed by atoms with van der Waals surface area (Å²) in [7, 11) is 0. The Hall–Kier alpha value is -2.28. The monoisotopic (exact) mass is 401 g/mol. The first-order valence-corrected chi connectivity index (χ1v) is 10.3. The fraction of sp³-hybridized carbons (Fsp3) is 0.176. The number of aryl methyl sites for hydroxylation is 2. The number of nitrogens with zero attached hydrogens (tertiary/aromatic N) is 3. The van der Waals surface area contributed by atoms with Crippen molar-refractivity contribution >= 4 is 46.5 Å². The second kappa shape index (κ2) is 8.40. The van der Waals surface area contributed by atoms with Crippen LogP contribution < -0.4 is 5.32 Å². The Kier molecular flexibility index (Phi) is 5.98. The lowest BCUT2D eigenvalue weighted by atomic mass is 10.1. The smallest absolute Gasteiger partial charge is 0.234 e. The van der Waals surface area contributed by atoms with Crippen molar-refractivity contribution in [2.45, 2.75) is 23.9 Å². The van der Waals surface area contributed by atoms with Crippen LogP contribution in [0, 0.1) is 24.5 Å². The van der Waals surface area contributed by atoms with E-state index in [-0.39, 0.29) is 11.7 Å². The SMILES string of the molecule is Cc1cc(SC#N)cc(C)c1NC(=O)CSc1n[nH]c(-c2cccs2)n1. The third kappa shape index (κ3) is 4.46. The number of carbonyl (C=O) groups excluding carboxylic acids is 1. The van der Waals surface area contributed by atoms with Crippen molar-refractivity contribution in [2.75, 3.05) is 11.1 Å². The molecular weight excluding hydrogens is 386 g/mol. The van der Waals surface area contributed by atoms with Gasteiger partial charge < -0.3 is 5.32 Å². The van der Waals surface area contributed by atoms with Gasteiger partial charge >= 0.3 is 0 Å². The van der Waals surface area contributed by atoms with Crippen LogP contribution in [0.4, 0.5) is 5.69 Å². The molecule has 1 aromatic carbocycles. The molecule has 0 spiro atoms. The lowest BCUT2D eigenvalue weighted by molar-refractivity contribution is -0.113. The van der Waals surface area contributed by atoms with E-state index in [9.17, 15) is 4.79 Å². The van der Waals surface area contributed by atoms with Gasteiger partial charge in [0.05, 0.1) is 10.6 Å². The minimum Gasteiger partial charge on any atom is -0.325 e. The molecule has 1 amide bonds. The molecule has 0 radical (unpaired) electrons. The predicted octanol–water partition coefficient (Wildman–Crippen LogP) is 4.45. The van der Waals surface area contributed by atoms with Gasteiger partial charge in [0.2, 0.25) is 11.1 Å². The van der Waals surface area contributed by atoms with Gasteiger partial charge in [0.1, 0.15) is 5.40 Å². The highest BCUT2D eigenvalue weighted by molar-refractivity contribution is 8.03. The third-order valence-electron chi connectivity index (χ3n) is 3.49. The summed E-state index contributed by atoms with van der Waals surface area (Å²) in [6, 6.07) is 7.71. The minimum atomic E-state index is -0.121. The van der Waals surface area contributed by atoms with Gasteiger partial charge in [-0.25, -0.2) is 4.98 Å². The Balaban J connectivity index is 1.60. The molecule has 0 saturated carbocycles. The number of aromatic amines is 1. The van der Waals surface area contributed by atoms with E-state index in [0.717, 1.165) is 38.3 Å². The van der Waals surface area contributed by atoms with Crippen LogP contribution >= 0.6 is 34.9 Å². The van der Waals surface area contributed by atoms with Gasteiger partial charge in [0.15, 0.2) is 5.82 Å². The third-order valence-corrected chi connectivity index (χ3v) is 5.77. The van der Waals surface area contributed by atoms with E-state index in [0.29, 0.717) is 11.0 Å². The first kappa shape index (κ1) is 18.5. The molecule has 26 heavy (non-hydrogen) atoms. The zero-order chi connectivity index (χ0) is 18.5. The summed E-state index contributed by atoms with van der Waals surface area (Å²) in [5.41, 5.74) is 2.64. The average Bonchev–Trinajstić information content (AvgIpc) is 3.27. The van der Waals surface area contributed by atoms with Gasteiger partial charge in [-0.1, -0.05) is 17.8 Å². The van der Waals surface area contributed by atoms with Gasteiger partial charge in [-0.2, -0.15) is 5.26 Å². The predicted molar refractivity (Wildman–Crippen MR) is 106 cm³/mol. The Labute approximate surface area is 163 Å². The summed E-state index contributed by atoms with van der Waals surface area (Å²) in [4.78, 5) is 18.6. The van der Waals surface area contributed by atoms with Crippen molar-refractivity contribution in [3.8, 4) is 16.1 Å². The fourth-order valence-electron chi connectivity index (χ4n) is 2.37. The van der Waals surface area contributed by atoms with E-state index in [1.807, 2.05) is 43.5 Å². The Morgan fingerprint density at radius 3 is 2.81 bits per heavy atom. The van der Waals surface area contributed by atoms with E-state index in [1.165, 1.54) is 11.8 Å². The van der Waals surface area contributed by atoms with Gasteiger partial charge in [0.25, 0.3) is 0 Å². The molecule has 0 aliphatic heterocycles. The van der Waals surface area contributed by atoms with Gasteiger partial charge in [-0.3, -0.25) is 9.89 Å². The molecule has 2 heterocycles. The number of nitrogens with one attached hydrogen (secondary N) is 2. The van der Waals surface area contributed by atoms with Crippen LogP contribution in [0.15, 0.2) is 39.7 Å². The number of thioether (sulfide) groups is 2. The molecule has 2 N–H and O–H groups in total. The number of aromatic nitrogens is 3. The van der Waals surface area contributed by atoms with Crippen molar-refractivity contribution in [3.05, 3.63) is 40.8 Å². The zero-order valence-electron chi connectivity index (χ0n) is 14.1. The van der Waals surface area contributed by atoms with Crippen molar-refractivity contribution in [1.82, 2.24) is 15.2 Å². The highest BCUT2D eigenvalue weighted by Gasteiger charge is 2.12. The number of thiocyanates is 1. The highest BCUT2D eigenvalue weighted by atomic mass is 32.2. The summed E-state index contributed by atoms with van der Waals surface area (Å²) < 4.78 is 0. The second-order valence-electron chi connectivity index (χ2n) is 5.41. The van der Waals surface area contributed by atoms with Crippen LogP contribution in [0.2, 0.25) is 0 Å². The number of amides is 1. The highest BCUT2D eigenvalue weighted by Crippen LogP contribution is 2.28. The Morgan fingerprint density at radius 2 is 2.15 bits per heavy atom. The maximum atomic E-state index is 12.3. The van der Waals surface area contributed by atoms with Crippen LogP contribution in [0.3, 0.4) is 0 Å². The maximum absolute atomic E-state index is 12.3. The van der Waals surface area contributed by atoms with E-state index >= 15 is 0 Å². The number of rotatable bonds is 6. The molecular formula is C17H15N5OS3. The Bertz CT molecular complexity index is 936. The molecule has 132 valence electrons.